The van der Waals surface area contributed by atoms with Gasteiger partial charge in [-0.1, -0.05) is 0 Å². The van der Waals surface area contributed by atoms with E-state index in [-0.39, 0.29) is 39.0 Å². The molecule has 2 saturated heterocycles. The van der Waals surface area contributed by atoms with Gasteiger partial charge in [0.2, 0.25) is 26.0 Å². The number of hydrogen-bond acceptors (Lipinski definition) is 10. The zero-order valence-electron chi connectivity index (χ0n) is 29.2. The van der Waals surface area contributed by atoms with Crippen molar-refractivity contribution in [1.29, 1.82) is 5.26 Å². The van der Waals surface area contributed by atoms with Crippen molar-refractivity contribution in [3.8, 4) is 6.07 Å². The summed E-state index contributed by atoms with van der Waals surface area (Å²) in [4.78, 5) is 11.4. The van der Waals surface area contributed by atoms with Crippen molar-refractivity contribution in [2.24, 2.45) is 17.2 Å². The second-order valence-corrected chi connectivity index (χ2v) is 16.5. The van der Waals surface area contributed by atoms with Gasteiger partial charge < -0.3 is 27.8 Å². The number of primary amides is 1. The van der Waals surface area contributed by atoms with Crippen LogP contribution in [0.3, 0.4) is 0 Å². The maximum absolute atomic E-state index is 12.6. The number of carbonyl (C=O) groups is 1. The van der Waals surface area contributed by atoms with E-state index in [9.17, 15) is 21.6 Å². The number of carbonyl (C=O) groups excluding carboxylic acids is 1. The number of nitrogens with zero attached hydrogens (tertiary/aromatic N) is 3. The fourth-order valence-corrected chi connectivity index (χ4v) is 8.23. The third kappa shape index (κ3) is 9.90. The molecule has 2 aliphatic rings. The van der Waals surface area contributed by atoms with Crippen molar-refractivity contribution >= 4 is 49.5 Å². The number of anilines is 2. The van der Waals surface area contributed by atoms with Crippen LogP contribution < -0.4 is 27.8 Å². The molecule has 2 aromatic rings. The topological polar surface area (TPSA) is 218 Å². The van der Waals surface area contributed by atoms with Crippen LogP contribution in [0.4, 0.5) is 11.4 Å². The van der Waals surface area contributed by atoms with Crippen molar-refractivity contribution in [3.63, 3.8) is 0 Å². The van der Waals surface area contributed by atoms with Crippen molar-refractivity contribution in [3.05, 3.63) is 68.5 Å². The Kier molecular flexibility index (Phi) is 12.8. The van der Waals surface area contributed by atoms with Gasteiger partial charge in [-0.05, 0) is 123 Å². The fraction of sp³-hybridized carbons (Fsp3) is 0.471. The first-order valence-electron chi connectivity index (χ1n) is 16.0. The van der Waals surface area contributed by atoms with Crippen molar-refractivity contribution in [2.75, 3.05) is 50.9 Å². The summed E-state index contributed by atoms with van der Waals surface area (Å²) in [7, 11) is -3.40. The summed E-state index contributed by atoms with van der Waals surface area (Å²) in [5.74, 6) is -0.587. The molecule has 0 aromatic heterocycles. The summed E-state index contributed by atoms with van der Waals surface area (Å²) in [5.41, 5.74) is 22.8. The molecular weight excluding hydrogens is 665 g/mol. The molecule has 268 valence electrons. The Bertz CT molecular complexity index is 1800. The molecule has 0 unspecified atom stereocenters. The van der Waals surface area contributed by atoms with Gasteiger partial charge >= 0.3 is 0 Å². The van der Waals surface area contributed by atoms with E-state index in [4.69, 9.17) is 22.5 Å². The van der Waals surface area contributed by atoms with E-state index < -0.39 is 37.0 Å². The standard InChI is InChI=1S/C17H26N4O3S.C17H24N4O2S/c1-12-10-14(20-3)11-13(2)15(12)4-9-25(23,24)21-7-5-17(19,6-8-21)16(18)22;1-13-10-15(20-3)11-14(2)16(13)4-9-24(22,23)21-7-5-17(19,12-18)6-8-21/h4,9-11,20H,5-8,19H2,1-3H3,(H2,18,22);4,9-11,20H,5-8,19H2,1-3H3/b2*9-4+. The van der Waals surface area contributed by atoms with Crippen LogP contribution in [0, 0.1) is 39.0 Å². The highest BCUT2D eigenvalue weighted by molar-refractivity contribution is 7.92. The number of nitrogens with one attached hydrogen (secondary N) is 2. The number of sulfonamides is 2. The van der Waals surface area contributed by atoms with Gasteiger partial charge in [0.25, 0.3) is 0 Å². The van der Waals surface area contributed by atoms with E-state index in [1.807, 2.05) is 66.1 Å². The Hall–Kier alpha value is -3.78. The molecule has 0 atom stereocenters. The predicted molar refractivity (Wildman–Crippen MR) is 197 cm³/mol. The van der Waals surface area contributed by atoms with Crippen LogP contribution in [0.2, 0.25) is 0 Å². The van der Waals surface area contributed by atoms with Gasteiger partial charge in [-0.15, -0.1) is 0 Å². The second kappa shape index (κ2) is 15.8. The molecule has 0 bridgehead atoms. The van der Waals surface area contributed by atoms with E-state index in [0.29, 0.717) is 12.8 Å². The van der Waals surface area contributed by atoms with E-state index >= 15 is 0 Å². The molecule has 0 radical (unpaired) electrons. The molecule has 0 spiro atoms. The zero-order chi connectivity index (χ0) is 36.8. The lowest BCUT2D eigenvalue weighted by molar-refractivity contribution is -0.124. The van der Waals surface area contributed by atoms with Crippen LogP contribution in [0.25, 0.3) is 12.2 Å². The van der Waals surface area contributed by atoms with Crippen LogP contribution in [-0.2, 0) is 24.8 Å². The van der Waals surface area contributed by atoms with Crippen molar-refractivity contribution in [1.82, 2.24) is 8.61 Å². The molecule has 2 fully saturated rings. The Morgan fingerprint density at radius 1 is 0.735 bits per heavy atom. The van der Waals surface area contributed by atoms with Crippen LogP contribution in [0.1, 0.15) is 59.1 Å². The van der Waals surface area contributed by atoms with Gasteiger partial charge in [0.1, 0.15) is 5.54 Å². The van der Waals surface area contributed by atoms with Gasteiger partial charge in [0.15, 0.2) is 0 Å². The van der Waals surface area contributed by atoms with Gasteiger partial charge in [-0.2, -0.15) is 13.9 Å². The van der Waals surface area contributed by atoms with E-state index in [0.717, 1.165) is 44.8 Å². The largest absolute Gasteiger partial charge is 0.388 e. The van der Waals surface area contributed by atoms with Gasteiger partial charge in [0, 0.05) is 62.5 Å². The van der Waals surface area contributed by atoms with E-state index in [2.05, 4.69) is 16.7 Å². The molecule has 1 amide bonds. The first-order valence-corrected chi connectivity index (χ1v) is 19.0. The molecule has 0 saturated carbocycles. The Balaban J connectivity index is 0.000000266. The third-order valence-electron chi connectivity index (χ3n) is 9.24. The van der Waals surface area contributed by atoms with Crippen LogP contribution in [-0.4, -0.2) is 82.7 Å². The average Bonchev–Trinajstić information content (AvgIpc) is 3.04. The molecule has 2 aliphatic heterocycles. The molecule has 2 aromatic carbocycles. The summed E-state index contributed by atoms with van der Waals surface area (Å²) >= 11 is 0. The lowest BCUT2D eigenvalue weighted by Crippen LogP contribution is -2.58. The smallest absolute Gasteiger partial charge is 0.237 e. The number of amides is 1. The normalized spacial score (nSPS) is 18.4. The Morgan fingerprint density at radius 2 is 1.06 bits per heavy atom. The summed E-state index contributed by atoms with van der Waals surface area (Å²) in [5, 5.41) is 17.7. The molecule has 2 heterocycles. The molecular formula is C34H50N8O5S2. The highest BCUT2D eigenvalue weighted by Crippen LogP contribution is 2.26. The minimum Gasteiger partial charge on any atom is -0.388 e. The van der Waals surface area contributed by atoms with E-state index in [1.165, 1.54) is 19.4 Å². The number of hydrogen-bond donors (Lipinski definition) is 5. The van der Waals surface area contributed by atoms with Crippen LogP contribution in [0.5, 0.6) is 0 Å². The zero-order valence-corrected chi connectivity index (χ0v) is 30.8. The SMILES string of the molecule is CNc1cc(C)c(/C=C/S(=O)(=O)N2CCC(N)(C#N)CC2)c(C)c1.CNc1cc(C)c(/C=C/S(=O)(=O)N2CCC(N)(C(N)=O)CC2)c(C)c1. The van der Waals surface area contributed by atoms with Crippen molar-refractivity contribution in [2.45, 2.75) is 64.5 Å². The molecule has 13 nitrogen and oxygen atoms in total. The summed E-state index contributed by atoms with van der Waals surface area (Å²) in [6, 6.07) is 9.97. The number of rotatable bonds is 9. The molecule has 0 aliphatic carbocycles. The minimum atomic E-state index is -3.58. The molecule has 8 N–H and O–H groups in total. The highest BCUT2D eigenvalue weighted by atomic mass is 32.2. The fourth-order valence-electron chi connectivity index (χ4n) is 5.88. The lowest BCUT2D eigenvalue weighted by atomic mass is 9.89. The third-order valence-corrected chi connectivity index (χ3v) is 12.4. The Labute approximate surface area is 291 Å². The average molecular weight is 715 g/mol. The maximum Gasteiger partial charge on any atom is 0.237 e. The summed E-state index contributed by atoms with van der Waals surface area (Å²) in [6.07, 6.45) is 4.43. The van der Waals surface area contributed by atoms with Crippen LogP contribution in [0.15, 0.2) is 35.1 Å². The monoisotopic (exact) mass is 714 g/mol. The highest BCUT2D eigenvalue weighted by Gasteiger charge is 2.39. The summed E-state index contributed by atoms with van der Waals surface area (Å²) in [6.45, 7) is 8.70. The van der Waals surface area contributed by atoms with Crippen LogP contribution >= 0.6 is 0 Å². The van der Waals surface area contributed by atoms with E-state index in [1.54, 1.807) is 12.2 Å². The predicted octanol–water partition coefficient (Wildman–Crippen LogP) is 2.89. The Morgan fingerprint density at radius 3 is 1.35 bits per heavy atom. The van der Waals surface area contributed by atoms with Gasteiger partial charge in [-0.3, -0.25) is 4.79 Å². The first-order chi connectivity index (χ1) is 22.8. The quantitative estimate of drug-likeness (QED) is 0.256. The molecule has 49 heavy (non-hydrogen) atoms. The lowest BCUT2D eigenvalue weighted by Gasteiger charge is -2.35. The van der Waals surface area contributed by atoms with Gasteiger partial charge in [0.05, 0.1) is 11.6 Å². The minimum absolute atomic E-state index is 0.183. The number of aryl methyl sites for hydroxylation is 4. The number of nitriles is 1. The summed E-state index contributed by atoms with van der Waals surface area (Å²) < 4.78 is 52.8. The number of nitrogens with two attached hydrogens (primary N) is 3. The maximum atomic E-state index is 12.6. The number of piperidine rings is 2. The van der Waals surface area contributed by atoms with Crippen molar-refractivity contribution < 1.29 is 21.6 Å². The first kappa shape index (κ1) is 39.7. The molecule has 4 rings (SSSR count). The second-order valence-electron chi connectivity index (χ2n) is 12.8. The van der Waals surface area contributed by atoms with Gasteiger partial charge in [-0.25, -0.2) is 16.8 Å². The number of benzene rings is 2. The molecule has 15 heteroatoms.